The molecule has 162 valence electrons. The molecule has 0 fully saturated rings. The SMILES string of the molecule is CCOC(=O)c1c(OCc2cc(C)c(O)c(C)c2)c(C)n2c1-c1cc(C)ccc1CC2. The van der Waals surface area contributed by atoms with Crippen molar-refractivity contribution in [3.8, 4) is 22.8 Å². The monoisotopic (exact) mass is 419 g/mol. The molecule has 0 saturated carbocycles. The van der Waals surface area contributed by atoms with Crippen LogP contribution in [0.2, 0.25) is 0 Å². The average Bonchev–Trinajstić information content (AvgIpc) is 3.02. The normalized spacial score (nSPS) is 12.3. The molecule has 1 aliphatic rings. The van der Waals surface area contributed by atoms with Crippen LogP contribution >= 0.6 is 0 Å². The molecule has 4 rings (SSSR count). The number of hydrogen-bond acceptors (Lipinski definition) is 4. The van der Waals surface area contributed by atoms with Gasteiger partial charge in [-0.15, -0.1) is 0 Å². The fourth-order valence-electron chi connectivity index (χ4n) is 4.49. The molecule has 2 aromatic carbocycles. The maximum absolute atomic E-state index is 13.1. The van der Waals surface area contributed by atoms with Crippen molar-refractivity contribution in [2.75, 3.05) is 6.61 Å². The summed E-state index contributed by atoms with van der Waals surface area (Å²) in [5, 5.41) is 10.1. The number of hydrogen-bond donors (Lipinski definition) is 1. The standard InChI is InChI=1S/C26H29NO4/c1-6-30-26(29)22-23-21-11-15(2)7-8-20(21)9-10-27(23)18(5)25(22)31-14-19-12-16(3)24(28)17(4)13-19/h7-8,11-13,28H,6,9-10,14H2,1-5H3. The largest absolute Gasteiger partial charge is 0.507 e. The summed E-state index contributed by atoms with van der Waals surface area (Å²) in [5.74, 6) is 0.520. The summed E-state index contributed by atoms with van der Waals surface area (Å²) in [6, 6.07) is 10.2. The quantitative estimate of drug-likeness (QED) is 0.562. The second kappa shape index (κ2) is 8.14. The van der Waals surface area contributed by atoms with E-state index in [1.165, 1.54) is 5.56 Å². The third kappa shape index (κ3) is 3.69. The Balaban J connectivity index is 1.81. The number of benzene rings is 2. The van der Waals surface area contributed by atoms with Gasteiger partial charge in [0, 0.05) is 12.1 Å². The van der Waals surface area contributed by atoms with Crippen LogP contribution in [0, 0.1) is 27.7 Å². The lowest BCUT2D eigenvalue weighted by Gasteiger charge is -2.21. The second-order valence-electron chi connectivity index (χ2n) is 8.29. The van der Waals surface area contributed by atoms with Crippen LogP contribution in [0.3, 0.4) is 0 Å². The first-order chi connectivity index (χ1) is 14.8. The first-order valence-corrected chi connectivity index (χ1v) is 10.7. The summed E-state index contributed by atoms with van der Waals surface area (Å²) < 4.78 is 13.9. The fourth-order valence-corrected chi connectivity index (χ4v) is 4.49. The van der Waals surface area contributed by atoms with Crippen LogP contribution < -0.4 is 4.74 Å². The minimum Gasteiger partial charge on any atom is -0.507 e. The summed E-state index contributed by atoms with van der Waals surface area (Å²) in [6.45, 7) is 11.0. The zero-order valence-electron chi connectivity index (χ0n) is 18.8. The highest BCUT2D eigenvalue weighted by molar-refractivity contribution is 6.01. The van der Waals surface area contributed by atoms with Crippen molar-refractivity contribution in [1.29, 1.82) is 0 Å². The summed E-state index contributed by atoms with van der Waals surface area (Å²) >= 11 is 0. The molecule has 1 aromatic heterocycles. The van der Waals surface area contributed by atoms with E-state index >= 15 is 0 Å². The van der Waals surface area contributed by atoms with E-state index in [0.717, 1.165) is 52.2 Å². The van der Waals surface area contributed by atoms with Crippen molar-refractivity contribution in [1.82, 2.24) is 4.57 Å². The van der Waals surface area contributed by atoms with Crippen molar-refractivity contribution in [2.24, 2.45) is 0 Å². The molecule has 5 nitrogen and oxygen atoms in total. The molecule has 0 saturated heterocycles. The molecule has 0 aliphatic carbocycles. The number of aryl methyl sites for hydroxylation is 4. The Hall–Kier alpha value is -3.21. The van der Waals surface area contributed by atoms with E-state index in [9.17, 15) is 9.90 Å². The smallest absolute Gasteiger partial charge is 0.344 e. The number of esters is 1. The van der Waals surface area contributed by atoms with E-state index in [0.29, 0.717) is 30.3 Å². The Bertz CT molecular complexity index is 1150. The maximum Gasteiger partial charge on any atom is 0.344 e. The highest BCUT2D eigenvalue weighted by atomic mass is 16.5. The van der Waals surface area contributed by atoms with Gasteiger partial charge in [0.15, 0.2) is 5.75 Å². The number of carbonyl (C=O) groups excluding carboxylic acids is 1. The molecule has 0 unspecified atom stereocenters. The van der Waals surface area contributed by atoms with Crippen LogP contribution in [0.4, 0.5) is 0 Å². The molecule has 0 amide bonds. The molecule has 1 aliphatic heterocycles. The Labute approximate surface area is 183 Å². The van der Waals surface area contributed by atoms with Gasteiger partial charge >= 0.3 is 5.97 Å². The number of phenolic OH excluding ortho intramolecular Hbond substituents is 1. The predicted molar refractivity (Wildman–Crippen MR) is 121 cm³/mol. The summed E-state index contributed by atoms with van der Waals surface area (Å²) in [5.41, 5.74) is 8.33. The number of aromatic nitrogens is 1. The van der Waals surface area contributed by atoms with Gasteiger partial charge in [-0.2, -0.15) is 0 Å². The number of fused-ring (bicyclic) bond motifs is 3. The number of phenols is 1. The van der Waals surface area contributed by atoms with Crippen molar-refractivity contribution in [3.05, 3.63) is 69.4 Å². The van der Waals surface area contributed by atoms with Gasteiger partial charge < -0.3 is 19.1 Å². The van der Waals surface area contributed by atoms with Crippen LogP contribution in [0.1, 0.15) is 50.8 Å². The highest BCUT2D eigenvalue weighted by Gasteiger charge is 2.32. The molecule has 0 atom stereocenters. The van der Waals surface area contributed by atoms with Gasteiger partial charge in [-0.05, 0) is 81.5 Å². The molecule has 2 heterocycles. The van der Waals surface area contributed by atoms with Crippen LogP contribution in [0.5, 0.6) is 11.5 Å². The zero-order valence-corrected chi connectivity index (χ0v) is 18.8. The molecule has 0 bridgehead atoms. The maximum atomic E-state index is 13.1. The lowest BCUT2D eigenvalue weighted by atomic mass is 9.94. The zero-order chi connectivity index (χ0) is 22.3. The summed E-state index contributed by atoms with van der Waals surface area (Å²) in [6.07, 6.45) is 0.913. The Morgan fingerprint density at radius 1 is 1.10 bits per heavy atom. The molecule has 3 aromatic rings. The Kier molecular flexibility index (Phi) is 5.52. The Morgan fingerprint density at radius 2 is 1.81 bits per heavy atom. The molecule has 1 N–H and O–H groups in total. The topological polar surface area (TPSA) is 60.7 Å². The number of ether oxygens (including phenoxy) is 2. The molecule has 5 heteroatoms. The molecule has 31 heavy (non-hydrogen) atoms. The van der Waals surface area contributed by atoms with E-state index < -0.39 is 0 Å². The van der Waals surface area contributed by atoms with Crippen molar-refractivity contribution in [2.45, 2.75) is 54.2 Å². The van der Waals surface area contributed by atoms with Crippen molar-refractivity contribution >= 4 is 5.97 Å². The fraction of sp³-hybridized carbons (Fsp3) is 0.346. The molecule has 0 spiro atoms. The van der Waals surface area contributed by atoms with Crippen LogP contribution in [-0.4, -0.2) is 22.2 Å². The van der Waals surface area contributed by atoms with E-state index in [2.05, 4.69) is 29.7 Å². The second-order valence-corrected chi connectivity index (χ2v) is 8.29. The first kappa shape index (κ1) is 21.0. The minimum atomic E-state index is -0.359. The van der Waals surface area contributed by atoms with Gasteiger partial charge in [0.05, 0.1) is 18.0 Å². The van der Waals surface area contributed by atoms with Crippen LogP contribution in [0.15, 0.2) is 30.3 Å². The molecular weight excluding hydrogens is 390 g/mol. The van der Waals surface area contributed by atoms with Gasteiger partial charge in [0.25, 0.3) is 0 Å². The van der Waals surface area contributed by atoms with Gasteiger partial charge in [0.2, 0.25) is 0 Å². The third-order valence-corrected chi connectivity index (χ3v) is 6.01. The number of rotatable bonds is 5. The van der Waals surface area contributed by atoms with Crippen LogP contribution in [-0.2, 0) is 24.3 Å². The van der Waals surface area contributed by atoms with Gasteiger partial charge in [-0.1, -0.05) is 17.7 Å². The Morgan fingerprint density at radius 3 is 2.48 bits per heavy atom. The van der Waals surface area contributed by atoms with Gasteiger partial charge in [-0.3, -0.25) is 0 Å². The van der Waals surface area contributed by atoms with E-state index in [-0.39, 0.29) is 5.97 Å². The lowest BCUT2D eigenvalue weighted by Crippen LogP contribution is -2.14. The van der Waals surface area contributed by atoms with E-state index in [1.807, 2.05) is 39.8 Å². The number of nitrogens with zero attached hydrogens (tertiary/aromatic N) is 1. The third-order valence-electron chi connectivity index (χ3n) is 6.01. The molecular formula is C26H29NO4. The minimum absolute atomic E-state index is 0.304. The predicted octanol–water partition coefficient (Wildman–Crippen LogP) is 5.41. The van der Waals surface area contributed by atoms with Crippen molar-refractivity contribution in [3.63, 3.8) is 0 Å². The van der Waals surface area contributed by atoms with Gasteiger partial charge in [0.1, 0.15) is 17.9 Å². The number of carbonyl (C=O) groups is 1. The van der Waals surface area contributed by atoms with Gasteiger partial charge in [-0.25, -0.2) is 4.79 Å². The summed E-state index contributed by atoms with van der Waals surface area (Å²) in [7, 11) is 0. The summed E-state index contributed by atoms with van der Waals surface area (Å²) in [4.78, 5) is 13.1. The lowest BCUT2D eigenvalue weighted by molar-refractivity contribution is 0.0522. The van der Waals surface area contributed by atoms with Crippen LogP contribution in [0.25, 0.3) is 11.3 Å². The average molecular weight is 420 g/mol. The highest BCUT2D eigenvalue weighted by Crippen LogP contribution is 2.42. The van der Waals surface area contributed by atoms with Crippen molar-refractivity contribution < 1.29 is 19.4 Å². The van der Waals surface area contributed by atoms with E-state index in [4.69, 9.17) is 9.47 Å². The van der Waals surface area contributed by atoms with E-state index in [1.54, 1.807) is 0 Å². The first-order valence-electron chi connectivity index (χ1n) is 10.7. The number of aromatic hydroxyl groups is 1. The molecule has 0 radical (unpaired) electrons.